The van der Waals surface area contributed by atoms with Gasteiger partial charge in [-0.15, -0.1) is 0 Å². The number of unbranched alkanes of at least 4 members (excludes halogenated alkanes) is 3. The highest BCUT2D eigenvalue weighted by molar-refractivity contribution is 5.31. The zero-order valence-electron chi connectivity index (χ0n) is 10.5. The summed E-state index contributed by atoms with van der Waals surface area (Å²) in [5.41, 5.74) is 0.978. The number of benzene rings is 1. The molecular weight excluding hydrogens is 196 g/mol. The Morgan fingerprint density at radius 3 is 2.38 bits per heavy atom. The third kappa shape index (κ3) is 5.20. The highest BCUT2D eigenvalue weighted by Crippen LogP contribution is 2.19. The summed E-state index contributed by atoms with van der Waals surface area (Å²) in [6.45, 7) is 4.54. The lowest BCUT2D eigenvalue weighted by molar-refractivity contribution is 0.349. The van der Waals surface area contributed by atoms with Gasteiger partial charge in [0.1, 0.15) is 0 Å². The molecular formula is C15H23O. The Bertz CT molecular complexity index is 291. The van der Waals surface area contributed by atoms with E-state index in [0.717, 1.165) is 24.3 Å². The summed E-state index contributed by atoms with van der Waals surface area (Å²) in [5, 5.41) is 11.4. The summed E-state index contributed by atoms with van der Waals surface area (Å²) in [6, 6.07) is 7.38. The van der Waals surface area contributed by atoms with Crippen LogP contribution in [-0.4, -0.2) is 0 Å². The van der Waals surface area contributed by atoms with Crippen molar-refractivity contribution in [2.45, 2.75) is 52.4 Å². The Hall–Kier alpha value is -0.980. The van der Waals surface area contributed by atoms with Gasteiger partial charge in [-0.1, -0.05) is 57.7 Å². The molecule has 0 spiro atoms. The summed E-state index contributed by atoms with van der Waals surface area (Å²) in [6.07, 6.45) is 7.31. The Morgan fingerprint density at radius 2 is 1.69 bits per heavy atom. The molecule has 1 heteroatoms. The summed E-state index contributed by atoms with van der Waals surface area (Å²) in [4.78, 5) is 0. The monoisotopic (exact) mass is 219 g/mol. The van der Waals surface area contributed by atoms with E-state index >= 15 is 0 Å². The van der Waals surface area contributed by atoms with Crippen LogP contribution in [0.3, 0.4) is 0 Å². The van der Waals surface area contributed by atoms with E-state index < -0.39 is 0 Å². The number of hydrogen-bond donors (Lipinski definition) is 0. The van der Waals surface area contributed by atoms with Crippen LogP contribution in [0.2, 0.25) is 0 Å². The topological polar surface area (TPSA) is 19.9 Å². The van der Waals surface area contributed by atoms with Crippen LogP contribution in [0.5, 0.6) is 5.75 Å². The second-order valence-corrected chi connectivity index (χ2v) is 4.95. The Kier molecular flexibility index (Phi) is 5.99. The average molecular weight is 219 g/mol. The van der Waals surface area contributed by atoms with E-state index in [0.29, 0.717) is 0 Å². The predicted molar refractivity (Wildman–Crippen MR) is 68.2 cm³/mol. The van der Waals surface area contributed by atoms with Crippen LogP contribution in [0.1, 0.15) is 51.5 Å². The SMILES string of the molecule is CC(C)CCCCCCc1ccccc1[O]. The number of para-hydroxylation sites is 1. The minimum atomic E-state index is 0.199. The van der Waals surface area contributed by atoms with Crippen LogP contribution in [0.25, 0.3) is 0 Å². The first-order chi connectivity index (χ1) is 7.70. The van der Waals surface area contributed by atoms with Crippen LogP contribution >= 0.6 is 0 Å². The summed E-state index contributed by atoms with van der Waals surface area (Å²) < 4.78 is 0. The third-order valence-corrected chi connectivity index (χ3v) is 2.95. The predicted octanol–water partition coefficient (Wildman–Crippen LogP) is 4.98. The molecule has 0 saturated carbocycles. The van der Waals surface area contributed by atoms with Crippen molar-refractivity contribution in [2.75, 3.05) is 0 Å². The van der Waals surface area contributed by atoms with Gasteiger partial charge >= 0.3 is 0 Å². The van der Waals surface area contributed by atoms with Crippen molar-refractivity contribution in [3.8, 4) is 5.75 Å². The molecule has 16 heavy (non-hydrogen) atoms. The van der Waals surface area contributed by atoms with Gasteiger partial charge in [0.2, 0.25) is 0 Å². The fourth-order valence-electron chi connectivity index (χ4n) is 1.93. The molecule has 0 saturated heterocycles. The van der Waals surface area contributed by atoms with E-state index in [-0.39, 0.29) is 5.75 Å². The van der Waals surface area contributed by atoms with E-state index in [2.05, 4.69) is 13.8 Å². The molecule has 1 aromatic rings. The molecule has 0 amide bonds. The molecule has 1 nitrogen and oxygen atoms in total. The Labute approximate surface area is 99.5 Å². The molecule has 1 aromatic carbocycles. The smallest absolute Gasteiger partial charge is 0.181 e. The van der Waals surface area contributed by atoms with E-state index in [4.69, 9.17) is 0 Å². The maximum Gasteiger partial charge on any atom is 0.181 e. The van der Waals surface area contributed by atoms with Gasteiger partial charge in [0.25, 0.3) is 0 Å². The van der Waals surface area contributed by atoms with Crippen LogP contribution in [0.15, 0.2) is 24.3 Å². The van der Waals surface area contributed by atoms with Crippen molar-refractivity contribution in [2.24, 2.45) is 5.92 Å². The maximum absolute atomic E-state index is 11.4. The van der Waals surface area contributed by atoms with E-state index in [9.17, 15) is 5.11 Å². The molecule has 0 fully saturated rings. The third-order valence-electron chi connectivity index (χ3n) is 2.95. The van der Waals surface area contributed by atoms with Gasteiger partial charge in [-0.05, 0) is 30.4 Å². The van der Waals surface area contributed by atoms with Gasteiger partial charge in [-0.2, -0.15) is 0 Å². The molecule has 0 heterocycles. The maximum atomic E-state index is 11.4. The minimum Gasteiger partial charge on any atom is -0.290 e. The van der Waals surface area contributed by atoms with Gasteiger partial charge in [0.15, 0.2) is 5.75 Å². The summed E-state index contributed by atoms with van der Waals surface area (Å²) in [5.74, 6) is 1.02. The van der Waals surface area contributed by atoms with Crippen molar-refractivity contribution in [3.63, 3.8) is 0 Å². The molecule has 0 atom stereocenters. The van der Waals surface area contributed by atoms with Crippen molar-refractivity contribution in [1.29, 1.82) is 0 Å². The van der Waals surface area contributed by atoms with Crippen LogP contribution in [-0.2, 0) is 11.5 Å². The minimum absolute atomic E-state index is 0.199. The molecule has 1 radical (unpaired) electrons. The standard InChI is InChI=1S/C15H23O/c1-13(2)9-5-3-4-6-10-14-11-7-8-12-15(14)16/h7-8,11-13H,3-6,9-10H2,1-2H3. The summed E-state index contributed by atoms with van der Waals surface area (Å²) in [7, 11) is 0. The van der Waals surface area contributed by atoms with Crippen LogP contribution < -0.4 is 0 Å². The van der Waals surface area contributed by atoms with Gasteiger partial charge in [-0.3, -0.25) is 5.11 Å². The highest BCUT2D eigenvalue weighted by Gasteiger charge is 2.01. The lowest BCUT2D eigenvalue weighted by atomic mass is 10.0. The fraction of sp³-hybridized carbons (Fsp3) is 0.600. The first-order valence-electron chi connectivity index (χ1n) is 6.45. The number of hydrogen-bond acceptors (Lipinski definition) is 0. The summed E-state index contributed by atoms with van der Waals surface area (Å²) >= 11 is 0. The molecule has 0 bridgehead atoms. The van der Waals surface area contributed by atoms with Crippen molar-refractivity contribution in [1.82, 2.24) is 0 Å². The van der Waals surface area contributed by atoms with E-state index in [1.807, 2.05) is 18.2 Å². The second-order valence-electron chi connectivity index (χ2n) is 4.95. The first-order valence-corrected chi connectivity index (χ1v) is 6.45. The van der Waals surface area contributed by atoms with Gasteiger partial charge in [0, 0.05) is 0 Å². The molecule has 0 aliphatic heterocycles. The molecule has 0 N–H and O–H groups in total. The number of rotatable bonds is 7. The first kappa shape index (κ1) is 13.1. The van der Waals surface area contributed by atoms with Crippen LogP contribution in [0, 0.1) is 5.92 Å². The lowest BCUT2D eigenvalue weighted by Crippen LogP contribution is -1.89. The zero-order valence-corrected chi connectivity index (χ0v) is 10.5. The molecule has 0 aliphatic carbocycles. The van der Waals surface area contributed by atoms with Crippen molar-refractivity contribution < 1.29 is 5.11 Å². The zero-order chi connectivity index (χ0) is 11.8. The molecule has 89 valence electrons. The normalized spacial score (nSPS) is 10.9. The Morgan fingerprint density at radius 1 is 1.00 bits per heavy atom. The van der Waals surface area contributed by atoms with Crippen molar-refractivity contribution >= 4 is 0 Å². The van der Waals surface area contributed by atoms with E-state index in [1.54, 1.807) is 6.07 Å². The molecule has 0 unspecified atom stereocenters. The van der Waals surface area contributed by atoms with Gasteiger partial charge in [0.05, 0.1) is 0 Å². The largest absolute Gasteiger partial charge is 0.290 e. The van der Waals surface area contributed by atoms with Gasteiger partial charge in [-0.25, -0.2) is 0 Å². The lowest BCUT2D eigenvalue weighted by Gasteiger charge is -2.04. The second kappa shape index (κ2) is 7.32. The Balaban J connectivity index is 2.10. The molecule has 1 rings (SSSR count). The van der Waals surface area contributed by atoms with Crippen LogP contribution in [0.4, 0.5) is 0 Å². The average Bonchev–Trinajstić information content (AvgIpc) is 2.25. The number of aryl methyl sites for hydroxylation is 1. The van der Waals surface area contributed by atoms with E-state index in [1.165, 1.54) is 25.7 Å². The van der Waals surface area contributed by atoms with Gasteiger partial charge < -0.3 is 0 Å². The fourth-order valence-corrected chi connectivity index (χ4v) is 1.93. The van der Waals surface area contributed by atoms with Crippen molar-refractivity contribution in [3.05, 3.63) is 29.8 Å². The molecule has 0 aliphatic rings. The molecule has 0 aromatic heterocycles. The quantitative estimate of drug-likeness (QED) is 0.576. The highest BCUT2D eigenvalue weighted by atomic mass is 16.3.